The van der Waals surface area contributed by atoms with Gasteiger partial charge in [0.1, 0.15) is 5.82 Å². The Hall–Kier alpha value is -2.39. The fraction of sp³-hybridized carbons (Fsp3) is 0.450. The number of anilines is 2. The first-order chi connectivity index (χ1) is 14.4. The highest BCUT2D eigenvalue weighted by atomic mass is 35.5. The van der Waals surface area contributed by atoms with E-state index in [1.54, 1.807) is 11.8 Å². The Kier molecular flexibility index (Phi) is 6.10. The minimum atomic E-state index is -0.0718. The molecule has 1 aliphatic rings. The van der Waals surface area contributed by atoms with Gasteiger partial charge in [0, 0.05) is 25.7 Å². The van der Waals surface area contributed by atoms with Crippen molar-refractivity contribution in [3.63, 3.8) is 0 Å². The molecule has 1 saturated carbocycles. The fourth-order valence-corrected chi connectivity index (χ4v) is 4.85. The summed E-state index contributed by atoms with van der Waals surface area (Å²) in [5.41, 5.74) is 6.81. The maximum Gasteiger partial charge on any atom is 0.229 e. The Balaban J connectivity index is 1.70. The zero-order valence-electron chi connectivity index (χ0n) is 17.3. The molecule has 0 aliphatic heterocycles. The molecule has 2 heterocycles. The third-order valence-corrected chi connectivity index (χ3v) is 6.56. The van der Waals surface area contributed by atoms with Gasteiger partial charge in [-0.3, -0.25) is 4.57 Å². The highest BCUT2D eigenvalue weighted by molar-refractivity contribution is 7.99. The quantitative estimate of drug-likeness (QED) is 0.558. The van der Waals surface area contributed by atoms with Crippen LogP contribution in [0.15, 0.2) is 29.4 Å². The van der Waals surface area contributed by atoms with Crippen molar-refractivity contribution >= 4 is 35.3 Å². The summed E-state index contributed by atoms with van der Waals surface area (Å²) < 4.78 is 2.24. The third-order valence-electron chi connectivity index (χ3n) is 5.17. The van der Waals surface area contributed by atoms with Crippen molar-refractivity contribution in [2.24, 2.45) is 0 Å². The van der Waals surface area contributed by atoms with Crippen LogP contribution in [0.4, 0.5) is 11.9 Å². The van der Waals surface area contributed by atoms with Crippen molar-refractivity contribution in [1.82, 2.24) is 29.7 Å². The van der Waals surface area contributed by atoms with Crippen molar-refractivity contribution in [2.45, 2.75) is 49.1 Å². The van der Waals surface area contributed by atoms with Crippen LogP contribution in [0, 0.1) is 0 Å². The molecule has 4 rings (SSSR count). The van der Waals surface area contributed by atoms with Crippen LogP contribution in [0.1, 0.15) is 49.7 Å². The van der Waals surface area contributed by atoms with Crippen LogP contribution in [0.5, 0.6) is 0 Å². The number of hydrogen-bond donors (Lipinski definition) is 1. The molecule has 158 valence electrons. The van der Waals surface area contributed by atoms with Gasteiger partial charge in [-0.25, -0.2) is 0 Å². The topological polar surface area (TPSA) is 98.6 Å². The highest BCUT2D eigenvalue weighted by Gasteiger charge is 2.27. The Bertz CT molecular complexity index is 1030. The van der Waals surface area contributed by atoms with Crippen molar-refractivity contribution in [3.05, 3.63) is 35.1 Å². The predicted molar refractivity (Wildman–Crippen MR) is 121 cm³/mol. The molecule has 0 bridgehead atoms. The van der Waals surface area contributed by atoms with Gasteiger partial charge in [-0.05, 0) is 31.9 Å². The summed E-state index contributed by atoms with van der Waals surface area (Å²) in [4.78, 5) is 14.9. The number of nitrogen functional groups attached to an aromatic ring is 1. The number of rotatable bonds is 6. The summed E-state index contributed by atoms with van der Waals surface area (Å²) in [6.07, 6.45) is 4.64. The van der Waals surface area contributed by atoms with Gasteiger partial charge in [0.2, 0.25) is 11.9 Å². The molecule has 1 aliphatic carbocycles. The van der Waals surface area contributed by atoms with Crippen LogP contribution in [0.2, 0.25) is 5.02 Å². The van der Waals surface area contributed by atoms with Crippen molar-refractivity contribution in [1.29, 1.82) is 0 Å². The normalized spacial score (nSPS) is 15.5. The number of hydrogen-bond acceptors (Lipinski definition) is 8. The largest absolute Gasteiger partial charge is 0.368 e. The molecule has 1 aromatic carbocycles. The molecule has 0 saturated heterocycles. The van der Waals surface area contributed by atoms with Gasteiger partial charge < -0.3 is 10.6 Å². The van der Waals surface area contributed by atoms with Crippen LogP contribution < -0.4 is 10.6 Å². The van der Waals surface area contributed by atoms with Crippen molar-refractivity contribution in [3.8, 4) is 11.4 Å². The smallest absolute Gasteiger partial charge is 0.229 e. The van der Waals surface area contributed by atoms with Gasteiger partial charge in [0.05, 0.1) is 10.3 Å². The van der Waals surface area contributed by atoms with E-state index in [2.05, 4.69) is 29.7 Å². The van der Waals surface area contributed by atoms with Crippen LogP contribution in [0.25, 0.3) is 11.4 Å². The van der Waals surface area contributed by atoms with E-state index in [-0.39, 0.29) is 11.2 Å². The Morgan fingerprint density at radius 2 is 1.87 bits per heavy atom. The monoisotopic (exact) mass is 444 g/mol. The minimum Gasteiger partial charge on any atom is -0.368 e. The number of benzene rings is 1. The zero-order valence-corrected chi connectivity index (χ0v) is 18.9. The van der Waals surface area contributed by atoms with E-state index in [0.717, 1.165) is 29.4 Å². The van der Waals surface area contributed by atoms with Gasteiger partial charge >= 0.3 is 0 Å². The van der Waals surface area contributed by atoms with Gasteiger partial charge in [-0.15, -0.1) is 10.2 Å². The Labute approximate surface area is 185 Å². The fourth-order valence-electron chi connectivity index (χ4n) is 3.67. The molecule has 2 N–H and O–H groups in total. The summed E-state index contributed by atoms with van der Waals surface area (Å²) >= 11 is 8.06. The molecule has 1 atom stereocenters. The molecule has 8 nitrogen and oxygen atoms in total. The molecule has 1 unspecified atom stereocenters. The van der Waals surface area contributed by atoms with Gasteiger partial charge in [-0.1, -0.05) is 48.3 Å². The molecule has 0 radical (unpaired) electrons. The lowest BCUT2D eigenvalue weighted by Crippen LogP contribution is -2.16. The van der Waals surface area contributed by atoms with Crippen LogP contribution >= 0.6 is 23.4 Å². The second kappa shape index (κ2) is 8.77. The van der Waals surface area contributed by atoms with E-state index >= 15 is 0 Å². The van der Waals surface area contributed by atoms with Crippen molar-refractivity contribution < 1.29 is 0 Å². The maximum absolute atomic E-state index is 6.48. The minimum absolute atomic E-state index is 0.0718. The summed E-state index contributed by atoms with van der Waals surface area (Å²) in [5.74, 6) is 2.19. The van der Waals surface area contributed by atoms with E-state index in [9.17, 15) is 0 Å². The van der Waals surface area contributed by atoms with Crippen molar-refractivity contribution in [2.75, 3.05) is 24.7 Å². The Morgan fingerprint density at radius 3 is 2.57 bits per heavy atom. The molecule has 30 heavy (non-hydrogen) atoms. The van der Waals surface area contributed by atoms with E-state index in [1.807, 2.05) is 50.2 Å². The van der Waals surface area contributed by atoms with Gasteiger partial charge in [0.15, 0.2) is 11.0 Å². The molecule has 0 amide bonds. The molecule has 2 aromatic heterocycles. The number of halogens is 1. The lowest BCUT2D eigenvalue weighted by molar-refractivity contribution is 0.485. The number of nitrogens with zero attached hydrogens (tertiary/aromatic N) is 7. The highest BCUT2D eigenvalue weighted by Crippen LogP contribution is 2.41. The summed E-state index contributed by atoms with van der Waals surface area (Å²) in [6.45, 7) is 2.04. The second-order valence-corrected chi connectivity index (χ2v) is 9.32. The Morgan fingerprint density at radius 1 is 1.13 bits per heavy atom. The number of nitrogens with two attached hydrogens (primary N) is 1. The van der Waals surface area contributed by atoms with Crippen LogP contribution in [-0.4, -0.2) is 43.8 Å². The van der Waals surface area contributed by atoms with E-state index in [1.165, 1.54) is 12.8 Å². The van der Waals surface area contributed by atoms with Crippen LogP contribution in [0.3, 0.4) is 0 Å². The number of aromatic nitrogens is 6. The number of thioether (sulfide) groups is 1. The summed E-state index contributed by atoms with van der Waals surface area (Å²) in [7, 11) is 3.76. The van der Waals surface area contributed by atoms with E-state index in [0.29, 0.717) is 22.8 Å². The SMILES string of the molecule is CC(Sc1nnc(-c2ccccc2Cl)n1C1CCCC1)c1nc(N)nc(N(C)C)n1. The van der Waals surface area contributed by atoms with Gasteiger partial charge in [-0.2, -0.15) is 15.0 Å². The summed E-state index contributed by atoms with van der Waals surface area (Å²) in [5, 5.41) is 10.5. The predicted octanol–water partition coefficient (Wildman–Crippen LogP) is 4.40. The average Bonchev–Trinajstić information content (AvgIpc) is 3.37. The lowest BCUT2D eigenvalue weighted by atomic mass is 10.2. The maximum atomic E-state index is 6.48. The third kappa shape index (κ3) is 4.22. The molecule has 10 heteroatoms. The van der Waals surface area contributed by atoms with Crippen LogP contribution in [-0.2, 0) is 0 Å². The first-order valence-electron chi connectivity index (χ1n) is 9.99. The average molecular weight is 445 g/mol. The molecule has 3 aromatic rings. The zero-order chi connectivity index (χ0) is 21.3. The molecular weight excluding hydrogens is 420 g/mol. The standard InChI is InChI=1S/C20H25ClN8S/c1-12(16-23-18(22)25-19(24-16)28(2)3)30-20-27-26-17(14-10-6-7-11-15(14)21)29(20)13-8-4-5-9-13/h6-7,10-13H,4-5,8-9H2,1-3H3,(H2,22,23,24,25). The molecule has 0 spiro atoms. The van der Waals surface area contributed by atoms with E-state index in [4.69, 9.17) is 17.3 Å². The summed E-state index contributed by atoms with van der Waals surface area (Å²) in [6, 6.07) is 8.14. The second-order valence-electron chi connectivity index (χ2n) is 7.60. The lowest BCUT2D eigenvalue weighted by Gasteiger charge is -2.19. The molecular formula is C20H25ClN8S. The van der Waals surface area contributed by atoms with E-state index < -0.39 is 0 Å². The van der Waals surface area contributed by atoms with Gasteiger partial charge in [0.25, 0.3) is 0 Å². The molecule has 1 fully saturated rings. The first kappa shape index (κ1) is 20.9. The first-order valence-corrected chi connectivity index (χ1v) is 11.2.